The fourth-order valence-corrected chi connectivity index (χ4v) is 1.95. The third-order valence-corrected chi connectivity index (χ3v) is 2.68. The maximum atomic E-state index is 11.7. The van der Waals surface area contributed by atoms with Gasteiger partial charge in [-0.25, -0.2) is 4.79 Å². The van der Waals surface area contributed by atoms with Crippen LogP contribution in [0.2, 0.25) is 0 Å². The van der Waals surface area contributed by atoms with Gasteiger partial charge in [-0.3, -0.25) is 4.79 Å². The second-order valence-electron chi connectivity index (χ2n) is 6.17. The minimum Gasteiger partial charge on any atom is -0.481 e. The summed E-state index contributed by atoms with van der Waals surface area (Å²) in [5, 5.41) is 17.5. The van der Waals surface area contributed by atoms with Crippen molar-refractivity contribution in [3.05, 3.63) is 0 Å². The van der Waals surface area contributed by atoms with Gasteiger partial charge in [-0.05, 0) is 31.3 Å². The Hall–Kier alpha value is -1.30. The largest absolute Gasteiger partial charge is 0.481 e. The Labute approximate surface area is 121 Å². The van der Waals surface area contributed by atoms with Crippen LogP contribution in [0.3, 0.4) is 0 Å². The molecule has 0 radical (unpaired) electrons. The molecule has 0 aliphatic carbocycles. The zero-order valence-corrected chi connectivity index (χ0v) is 13.1. The van der Waals surface area contributed by atoms with Gasteiger partial charge in [0.25, 0.3) is 0 Å². The summed E-state index contributed by atoms with van der Waals surface area (Å²) >= 11 is 0. The predicted octanol–water partition coefficient (Wildman–Crippen LogP) is 1.56. The molecule has 0 heterocycles. The highest BCUT2D eigenvalue weighted by Crippen LogP contribution is 2.22. The van der Waals surface area contributed by atoms with Crippen molar-refractivity contribution in [2.24, 2.45) is 5.41 Å². The minimum absolute atomic E-state index is 0.0293. The molecule has 20 heavy (non-hydrogen) atoms. The molecule has 0 aromatic carbocycles. The molecule has 0 spiro atoms. The van der Waals surface area contributed by atoms with E-state index in [0.29, 0.717) is 13.0 Å². The van der Waals surface area contributed by atoms with Gasteiger partial charge in [0.2, 0.25) is 0 Å². The van der Waals surface area contributed by atoms with E-state index in [1.807, 2.05) is 27.7 Å². The van der Waals surface area contributed by atoms with Crippen molar-refractivity contribution in [1.82, 2.24) is 16.0 Å². The Morgan fingerprint density at radius 3 is 2.35 bits per heavy atom. The van der Waals surface area contributed by atoms with Gasteiger partial charge in [-0.15, -0.1) is 0 Å². The summed E-state index contributed by atoms with van der Waals surface area (Å²) < 4.78 is 0. The standard InChI is InChI=1S/C14H29N3O3/c1-5-15-7-6-8-16-13(20)17-11(9-12(18)19)10-14(2,3)4/h11,15H,5-10H2,1-4H3,(H,18,19)(H2,16,17,20). The predicted molar refractivity (Wildman–Crippen MR) is 79.8 cm³/mol. The molecule has 118 valence electrons. The monoisotopic (exact) mass is 287 g/mol. The molecule has 0 rings (SSSR count). The Bertz CT molecular complexity index is 301. The molecule has 1 unspecified atom stereocenters. The number of urea groups is 1. The smallest absolute Gasteiger partial charge is 0.315 e. The van der Waals surface area contributed by atoms with Gasteiger partial charge in [0.15, 0.2) is 0 Å². The van der Waals surface area contributed by atoms with Crippen LogP contribution < -0.4 is 16.0 Å². The Kier molecular flexibility index (Phi) is 8.96. The average molecular weight is 287 g/mol. The molecule has 0 fully saturated rings. The first-order valence-corrected chi connectivity index (χ1v) is 7.21. The highest BCUT2D eigenvalue weighted by Gasteiger charge is 2.22. The molecule has 0 saturated heterocycles. The molecule has 1 atom stereocenters. The second kappa shape index (κ2) is 9.58. The molecule has 0 bridgehead atoms. The van der Waals surface area contributed by atoms with Gasteiger partial charge in [-0.1, -0.05) is 27.7 Å². The average Bonchev–Trinajstić information content (AvgIpc) is 2.25. The fourth-order valence-electron chi connectivity index (χ4n) is 1.95. The Balaban J connectivity index is 4.08. The second-order valence-corrected chi connectivity index (χ2v) is 6.17. The van der Waals surface area contributed by atoms with E-state index in [0.717, 1.165) is 19.5 Å². The van der Waals surface area contributed by atoms with Crippen LogP contribution in [0.25, 0.3) is 0 Å². The van der Waals surface area contributed by atoms with Gasteiger partial charge in [0, 0.05) is 12.6 Å². The number of rotatable bonds is 9. The molecule has 6 nitrogen and oxygen atoms in total. The quantitative estimate of drug-likeness (QED) is 0.484. The topological polar surface area (TPSA) is 90.5 Å². The first-order valence-electron chi connectivity index (χ1n) is 7.21. The van der Waals surface area contributed by atoms with Gasteiger partial charge < -0.3 is 21.1 Å². The van der Waals surface area contributed by atoms with Crippen LogP contribution in [0.5, 0.6) is 0 Å². The lowest BCUT2D eigenvalue weighted by molar-refractivity contribution is -0.137. The molecule has 0 aromatic heterocycles. The Morgan fingerprint density at radius 1 is 1.20 bits per heavy atom. The fraction of sp³-hybridized carbons (Fsp3) is 0.857. The van der Waals surface area contributed by atoms with E-state index in [2.05, 4.69) is 16.0 Å². The van der Waals surface area contributed by atoms with E-state index >= 15 is 0 Å². The van der Waals surface area contributed by atoms with E-state index in [1.54, 1.807) is 0 Å². The van der Waals surface area contributed by atoms with Gasteiger partial charge in [-0.2, -0.15) is 0 Å². The van der Waals surface area contributed by atoms with Gasteiger partial charge in [0.05, 0.1) is 6.42 Å². The molecule has 0 aliphatic rings. The summed E-state index contributed by atoms with van der Waals surface area (Å²) in [6.45, 7) is 10.5. The lowest BCUT2D eigenvalue weighted by atomic mass is 9.87. The van der Waals surface area contributed by atoms with Crippen molar-refractivity contribution in [2.75, 3.05) is 19.6 Å². The van der Waals surface area contributed by atoms with Crippen molar-refractivity contribution >= 4 is 12.0 Å². The van der Waals surface area contributed by atoms with Crippen molar-refractivity contribution in [1.29, 1.82) is 0 Å². The zero-order valence-electron chi connectivity index (χ0n) is 13.1. The number of carboxylic acids is 1. The SMILES string of the molecule is CCNCCCNC(=O)NC(CC(=O)O)CC(C)(C)C. The first-order chi connectivity index (χ1) is 9.24. The van der Waals surface area contributed by atoms with Crippen molar-refractivity contribution in [3.63, 3.8) is 0 Å². The number of carbonyl (C=O) groups is 2. The van der Waals surface area contributed by atoms with Crippen LogP contribution in [0.1, 0.15) is 47.0 Å². The summed E-state index contributed by atoms with van der Waals surface area (Å²) in [5.41, 5.74) is -0.0293. The van der Waals surface area contributed by atoms with Crippen LogP contribution in [0.15, 0.2) is 0 Å². The number of hydrogen-bond acceptors (Lipinski definition) is 3. The van der Waals surface area contributed by atoms with Gasteiger partial charge >= 0.3 is 12.0 Å². The van der Waals surface area contributed by atoms with Crippen molar-refractivity contribution in [3.8, 4) is 0 Å². The maximum Gasteiger partial charge on any atom is 0.315 e. The highest BCUT2D eigenvalue weighted by atomic mass is 16.4. The summed E-state index contributed by atoms with van der Waals surface area (Å²) in [6.07, 6.45) is 1.43. The lowest BCUT2D eigenvalue weighted by Crippen LogP contribution is -2.45. The van der Waals surface area contributed by atoms with E-state index in [9.17, 15) is 9.59 Å². The van der Waals surface area contributed by atoms with E-state index < -0.39 is 5.97 Å². The van der Waals surface area contributed by atoms with E-state index in [-0.39, 0.29) is 23.9 Å². The van der Waals surface area contributed by atoms with Crippen LogP contribution in [-0.4, -0.2) is 42.8 Å². The number of hydrogen-bond donors (Lipinski definition) is 4. The molecule has 2 amide bonds. The lowest BCUT2D eigenvalue weighted by Gasteiger charge is -2.25. The van der Waals surface area contributed by atoms with E-state index in [1.165, 1.54) is 0 Å². The highest BCUT2D eigenvalue weighted by molar-refractivity contribution is 5.75. The maximum absolute atomic E-state index is 11.7. The van der Waals surface area contributed by atoms with Crippen molar-refractivity contribution < 1.29 is 14.7 Å². The molecule has 0 aliphatic heterocycles. The summed E-state index contributed by atoms with van der Waals surface area (Å²) in [6, 6.07) is -0.640. The molecule has 6 heteroatoms. The summed E-state index contributed by atoms with van der Waals surface area (Å²) in [7, 11) is 0. The zero-order chi connectivity index (χ0) is 15.6. The van der Waals surface area contributed by atoms with Crippen LogP contribution in [0, 0.1) is 5.41 Å². The third kappa shape index (κ3) is 11.8. The Morgan fingerprint density at radius 2 is 1.85 bits per heavy atom. The van der Waals surface area contributed by atoms with Crippen LogP contribution in [-0.2, 0) is 4.79 Å². The molecule has 0 aromatic rings. The van der Waals surface area contributed by atoms with Crippen LogP contribution >= 0.6 is 0 Å². The minimum atomic E-state index is -0.897. The molecular formula is C14H29N3O3. The first kappa shape index (κ1) is 18.7. The third-order valence-electron chi connectivity index (χ3n) is 2.68. The molecular weight excluding hydrogens is 258 g/mol. The van der Waals surface area contributed by atoms with Crippen LogP contribution in [0.4, 0.5) is 4.79 Å². The van der Waals surface area contributed by atoms with Crippen molar-refractivity contribution in [2.45, 2.75) is 53.0 Å². The summed E-state index contributed by atoms with van der Waals surface area (Å²) in [4.78, 5) is 22.5. The molecule has 4 N–H and O–H groups in total. The van der Waals surface area contributed by atoms with E-state index in [4.69, 9.17) is 5.11 Å². The van der Waals surface area contributed by atoms with Gasteiger partial charge in [0.1, 0.15) is 0 Å². The number of carboxylic acid groups (broad SMARTS) is 1. The normalized spacial score (nSPS) is 12.8. The number of aliphatic carboxylic acids is 1. The number of amides is 2. The number of carbonyl (C=O) groups excluding carboxylic acids is 1. The summed E-state index contributed by atoms with van der Waals surface area (Å²) in [5.74, 6) is -0.897. The molecule has 0 saturated carbocycles. The number of nitrogens with one attached hydrogen (secondary N) is 3.